The van der Waals surface area contributed by atoms with Crippen molar-refractivity contribution < 1.29 is 0 Å². The van der Waals surface area contributed by atoms with E-state index < -0.39 is 0 Å². The first-order chi connectivity index (χ1) is 10.6. The van der Waals surface area contributed by atoms with E-state index in [1.165, 1.54) is 16.0 Å². The van der Waals surface area contributed by atoms with Gasteiger partial charge in [0.2, 0.25) is 0 Å². The summed E-state index contributed by atoms with van der Waals surface area (Å²) in [5.41, 5.74) is 2.47. The van der Waals surface area contributed by atoms with Crippen LogP contribution in [0.3, 0.4) is 0 Å². The lowest BCUT2D eigenvalue weighted by atomic mass is 10.1. The Morgan fingerprint density at radius 1 is 1.30 bits per heavy atom. The van der Waals surface area contributed by atoms with E-state index in [2.05, 4.69) is 75.5 Å². The fourth-order valence-electron chi connectivity index (χ4n) is 1.99. The molecule has 0 unspecified atom stereocenters. The Morgan fingerprint density at radius 3 is 2.70 bits per heavy atom. The zero-order valence-electron chi connectivity index (χ0n) is 13.5. The summed E-state index contributed by atoms with van der Waals surface area (Å²) in [6.45, 7) is 8.43. The molecule has 0 saturated heterocycles. The molecule has 1 aromatic carbocycles. The van der Waals surface area contributed by atoms with Crippen LogP contribution in [0.2, 0.25) is 0 Å². The molecule has 0 saturated carbocycles. The van der Waals surface area contributed by atoms with Gasteiger partial charge in [0.15, 0.2) is 5.96 Å². The first-order valence-corrected chi connectivity index (χ1v) is 8.88. The maximum Gasteiger partial charge on any atom is 0.191 e. The van der Waals surface area contributed by atoms with Gasteiger partial charge >= 0.3 is 0 Å². The lowest BCUT2D eigenvalue weighted by Crippen LogP contribution is -2.36. The summed E-state index contributed by atoms with van der Waals surface area (Å²) in [7, 11) is 0. The van der Waals surface area contributed by atoms with Gasteiger partial charge in [-0.1, -0.05) is 22.0 Å². The van der Waals surface area contributed by atoms with Crippen molar-refractivity contribution in [2.24, 2.45) is 4.99 Å². The van der Waals surface area contributed by atoms with Crippen LogP contribution in [-0.2, 0) is 13.1 Å². The van der Waals surface area contributed by atoms with E-state index in [-0.39, 0.29) is 24.0 Å². The number of aryl methyl sites for hydroxylation is 2. The second-order valence-electron chi connectivity index (χ2n) is 4.98. The Bertz CT molecular complexity index is 657. The number of thiazole rings is 1. The van der Waals surface area contributed by atoms with Gasteiger partial charge in [-0.3, -0.25) is 0 Å². The van der Waals surface area contributed by atoms with Gasteiger partial charge in [-0.05, 0) is 44.0 Å². The van der Waals surface area contributed by atoms with Gasteiger partial charge in [0.05, 0.1) is 13.1 Å². The van der Waals surface area contributed by atoms with Crippen LogP contribution in [0.25, 0.3) is 0 Å². The molecule has 23 heavy (non-hydrogen) atoms. The fourth-order valence-corrected chi connectivity index (χ4v) is 3.19. The molecular formula is C16H22BrIN4S. The molecule has 7 heteroatoms. The zero-order chi connectivity index (χ0) is 15.9. The number of halogens is 2. The second-order valence-corrected chi connectivity index (χ2v) is 7.22. The molecule has 2 aromatic rings. The highest BCUT2D eigenvalue weighted by Gasteiger charge is 2.03. The van der Waals surface area contributed by atoms with Crippen LogP contribution in [0.5, 0.6) is 0 Å². The highest BCUT2D eigenvalue weighted by Crippen LogP contribution is 2.16. The van der Waals surface area contributed by atoms with Crippen LogP contribution in [-0.4, -0.2) is 17.5 Å². The predicted octanol–water partition coefficient (Wildman–Crippen LogP) is 4.40. The molecule has 0 fully saturated rings. The van der Waals surface area contributed by atoms with Gasteiger partial charge in [0.1, 0.15) is 5.01 Å². The van der Waals surface area contributed by atoms with Crippen molar-refractivity contribution in [1.29, 1.82) is 0 Å². The Morgan fingerprint density at radius 2 is 2.09 bits per heavy atom. The van der Waals surface area contributed by atoms with E-state index in [1.54, 1.807) is 11.3 Å². The monoisotopic (exact) mass is 508 g/mol. The van der Waals surface area contributed by atoms with Crippen LogP contribution in [0.4, 0.5) is 0 Å². The number of benzene rings is 1. The van der Waals surface area contributed by atoms with Gasteiger partial charge in [-0.25, -0.2) is 9.98 Å². The van der Waals surface area contributed by atoms with Gasteiger partial charge in [0.25, 0.3) is 0 Å². The van der Waals surface area contributed by atoms with E-state index in [0.717, 1.165) is 22.0 Å². The van der Waals surface area contributed by atoms with Crippen LogP contribution in [0.15, 0.2) is 33.9 Å². The van der Waals surface area contributed by atoms with Crippen molar-refractivity contribution in [3.63, 3.8) is 0 Å². The number of rotatable bonds is 5. The third kappa shape index (κ3) is 6.76. The van der Waals surface area contributed by atoms with E-state index in [0.29, 0.717) is 13.1 Å². The number of nitrogens with zero attached hydrogens (tertiary/aromatic N) is 2. The van der Waals surface area contributed by atoms with Gasteiger partial charge in [0, 0.05) is 22.1 Å². The molecule has 0 aliphatic carbocycles. The molecule has 2 rings (SSSR count). The smallest absolute Gasteiger partial charge is 0.191 e. The Kier molecular flexibility index (Phi) is 9.08. The third-order valence-electron chi connectivity index (χ3n) is 3.13. The summed E-state index contributed by atoms with van der Waals surface area (Å²) in [5.74, 6) is 0.817. The molecule has 1 heterocycles. The lowest BCUT2D eigenvalue weighted by molar-refractivity contribution is 0.811. The molecule has 2 N–H and O–H groups in total. The van der Waals surface area contributed by atoms with E-state index in [9.17, 15) is 0 Å². The van der Waals surface area contributed by atoms with Crippen molar-refractivity contribution in [3.05, 3.63) is 49.9 Å². The maximum absolute atomic E-state index is 4.65. The molecule has 0 bridgehead atoms. The molecule has 0 aliphatic heterocycles. The minimum absolute atomic E-state index is 0. The van der Waals surface area contributed by atoms with E-state index in [1.807, 2.05) is 6.20 Å². The molecule has 126 valence electrons. The molecule has 4 nitrogen and oxygen atoms in total. The van der Waals surface area contributed by atoms with Crippen LogP contribution in [0, 0.1) is 13.8 Å². The molecule has 0 aliphatic rings. The molecule has 0 amide bonds. The second kappa shape index (κ2) is 10.2. The third-order valence-corrected chi connectivity index (χ3v) is 4.54. The number of hydrogen-bond donors (Lipinski definition) is 2. The summed E-state index contributed by atoms with van der Waals surface area (Å²) < 4.78 is 1.10. The average Bonchev–Trinajstić information content (AvgIpc) is 2.89. The maximum atomic E-state index is 4.65. The summed E-state index contributed by atoms with van der Waals surface area (Å²) in [6.07, 6.45) is 1.90. The van der Waals surface area contributed by atoms with Crippen molar-refractivity contribution in [1.82, 2.24) is 15.6 Å². The van der Waals surface area contributed by atoms with Crippen molar-refractivity contribution in [2.75, 3.05) is 6.54 Å². The fraction of sp³-hybridized carbons (Fsp3) is 0.375. The van der Waals surface area contributed by atoms with Crippen LogP contribution >= 0.6 is 51.2 Å². The highest BCUT2D eigenvalue weighted by atomic mass is 127. The van der Waals surface area contributed by atoms with Gasteiger partial charge in [-0.2, -0.15) is 0 Å². The number of guanidine groups is 1. The number of hydrogen-bond acceptors (Lipinski definition) is 3. The Labute approximate surface area is 167 Å². The standard InChI is InChI=1S/C16H21BrN4S.HI/c1-4-18-16(21-10-15-19-8-12(3)22-15)20-9-13-5-6-14(17)7-11(13)2;/h5-8H,4,9-10H2,1-3H3,(H2,18,20,21);1H. The molecular weight excluding hydrogens is 487 g/mol. The Balaban J connectivity index is 0.00000264. The zero-order valence-corrected chi connectivity index (χ0v) is 18.3. The van der Waals surface area contributed by atoms with Gasteiger partial charge < -0.3 is 10.6 Å². The molecule has 0 spiro atoms. The molecule has 1 aromatic heterocycles. The van der Waals surface area contributed by atoms with Crippen molar-refractivity contribution in [3.8, 4) is 0 Å². The summed E-state index contributed by atoms with van der Waals surface area (Å²) >= 11 is 5.19. The molecule has 0 atom stereocenters. The predicted molar refractivity (Wildman–Crippen MR) is 113 cm³/mol. The van der Waals surface area contributed by atoms with Crippen LogP contribution < -0.4 is 10.6 Å². The van der Waals surface area contributed by atoms with Crippen LogP contribution in [0.1, 0.15) is 27.9 Å². The topological polar surface area (TPSA) is 49.3 Å². The Hall–Kier alpha value is -0.670. The molecule has 0 radical (unpaired) electrons. The van der Waals surface area contributed by atoms with Crippen molar-refractivity contribution in [2.45, 2.75) is 33.9 Å². The summed E-state index contributed by atoms with van der Waals surface area (Å²) in [4.78, 5) is 10.2. The van der Waals surface area contributed by atoms with E-state index >= 15 is 0 Å². The SMILES string of the molecule is CCNC(=NCc1ccc(Br)cc1C)NCc1ncc(C)s1.I. The highest BCUT2D eigenvalue weighted by molar-refractivity contribution is 14.0. The largest absolute Gasteiger partial charge is 0.357 e. The first-order valence-electron chi connectivity index (χ1n) is 7.27. The minimum Gasteiger partial charge on any atom is -0.357 e. The summed E-state index contributed by atoms with van der Waals surface area (Å²) in [5, 5.41) is 7.67. The quantitative estimate of drug-likeness (QED) is 0.357. The average molecular weight is 509 g/mol. The van der Waals surface area contributed by atoms with Gasteiger partial charge in [-0.15, -0.1) is 35.3 Å². The number of aliphatic imine (C=N–C) groups is 1. The minimum atomic E-state index is 0. The lowest BCUT2D eigenvalue weighted by Gasteiger charge is -2.11. The number of aromatic nitrogens is 1. The first kappa shape index (κ1) is 20.4. The summed E-state index contributed by atoms with van der Waals surface area (Å²) in [6, 6.07) is 6.27. The van der Waals surface area contributed by atoms with E-state index in [4.69, 9.17) is 0 Å². The normalized spacial score (nSPS) is 11.0. The number of nitrogens with one attached hydrogen (secondary N) is 2. The van der Waals surface area contributed by atoms with Crippen molar-refractivity contribution >= 4 is 57.2 Å².